The Bertz CT molecular complexity index is 931. The Balaban J connectivity index is 1.61. The van der Waals surface area contributed by atoms with E-state index in [9.17, 15) is 9.59 Å². The lowest BCUT2D eigenvalue weighted by Crippen LogP contribution is -2.22. The number of aryl methyl sites for hydroxylation is 1. The Morgan fingerprint density at radius 1 is 1.46 bits per heavy atom. The number of nitrogens with zero attached hydrogens (tertiary/aromatic N) is 3. The monoisotopic (exact) mass is 365 g/mol. The Hall–Kier alpha value is -2.45. The molecule has 0 amide bonds. The molecule has 0 aliphatic heterocycles. The molecule has 0 atom stereocenters. The fraction of sp³-hybridized carbons (Fsp3) is 0.200. The van der Waals surface area contributed by atoms with Crippen molar-refractivity contribution < 1.29 is 14.1 Å². The first-order valence-electron chi connectivity index (χ1n) is 6.92. The molecule has 0 fully saturated rings. The summed E-state index contributed by atoms with van der Waals surface area (Å²) in [5.41, 5.74) is 1.41. The summed E-state index contributed by atoms with van der Waals surface area (Å²) < 4.78 is 11.5. The smallest absolute Gasteiger partial charge is 0.326 e. The zero-order valence-electron chi connectivity index (χ0n) is 12.6. The van der Waals surface area contributed by atoms with Gasteiger partial charge in [-0.2, -0.15) is 4.98 Å². The fourth-order valence-electron chi connectivity index (χ4n) is 1.97. The second-order valence-electron chi connectivity index (χ2n) is 4.91. The average molecular weight is 366 g/mol. The number of ether oxygens (including phenoxy) is 1. The van der Waals surface area contributed by atoms with Crippen LogP contribution in [-0.4, -0.2) is 20.7 Å². The number of aromatic nitrogens is 3. The minimum Gasteiger partial charge on any atom is -0.454 e. The molecule has 124 valence electrons. The van der Waals surface area contributed by atoms with E-state index in [1.165, 1.54) is 4.57 Å². The van der Waals surface area contributed by atoms with Crippen LogP contribution in [0.15, 0.2) is 39.0 Å². The van der Waals surface area contributed by atoms with Crippen LogP contribution in [0.4, 0.5) is 0 Å². The fourth-order valence-corrected chi connectivity index (χ4v) is 2.90. The third-order valence-corrected chi connectivity index (χ3v) is 4.29. The number of esters is 1. The summed E-state index contributed by atoms with van der Waals surface area (Å²) in [6.45, 7) is 1.44. The van der Waals surface area contributed by atoms with Gasteiger partial charge in [-0.3, -0.25) is 14.2 Å². The van der Waals surface area contributed by atoms with E-state index in [0.29, 0.717) is 22.1 Å². The van der Waals surface area contributed by atoms with Gasteiger partial charge in [0.2, 0.25) is 5.82 Å². The van der Waals surface area contributed by atoms with Gasteiger partial charge in [-0.15, -0.1) is 0 Å². The number of carbonyl (C=O) groups excluding carboxylic acids is 1. The SMILES string of the molecule is Cc1csc(=O)n1CC(=O)OCc1nc(-c2cccc(Cl)c2)no1. The number of benzene rings is 1. The van der Waals surface area contributed by atoms with Gasteiger partial charge in [0.15, 0.2) is 6.61 Å². The average Bonchev–Trinajstić information content (AvgIpc) is 3.15. The predicted octanol–water partition coefficient (Wildman–Crippen LogP) is 2.67. The number of thiazole rings is 1. The molecule has 9 heteroatoms. The van der Waals surface area contributed by atoms with E-state index in [1.54, 1.807) is 36.6 Å². The van der Waals surface area contributed by atoms with E-state index in [2.05, 4.69) is 10.1 Å². The minimum atomic E-state index is -0.555. The minimum absolute atomic E-state index is 0.149. The summed E-state index contributed by atoms with van der Waals surface area (Å²) in [6.07, 6.45) is 0. The quantitative estimate of drug-likeness (QED) is 0.646. The molecule has 0 aliphatic carbocycles. The molecular formula is C15H12ClN3O4S. The Morgan fingerprint density at radius 2 is 2.29 bits per heavy atom. The van der Waals surface area contributed by atoms with E-state index in [1.807, 2.05) is 0 Å². The summed E-state index contributed by atoms with van der Waals surface area (Å²) in [5, 5.41) is 6.06. The summed E-state index contributed by atoms with van der Waals surface area (Å²) in [7, 11) is 0. The van der Waals surface area contributed by atoms with Crippen molar-refractivity contribution in [3.05, 3.63) is 55.9 Å². The highest BCUT2D eigenvalue weighted by molar-refractivity contribution is 7.07. The van der Waals surface area contributed by atoms with E-state index in [0.717, 1.165) is 11.3 Å². The second-order valence-corrected chi connectivity index (χ2v) is 6.17. The molecule has 24 heavy (non-hydrogen) atoms. The number of halogens is 1. The number of rotatable bonds is 5. The molecule has 3 aromatic rings. The molecule has 0 unspecified atom stereocenters. The van der Waals surface area contributed by atoms with Crippen LogP contribution >= 0.6 is 22.9 Å². The van der Waals surface area contributed by atoms with Crippen molar-refractivity contribution in [1.82, 2.24) is 14.7 Å². The Morgan fingerprint density at radius 3 is 3.00 bits per heavy atom. The first-order valence-corrected chi connectivity index (χ1v) is 8.18. The maximum absolute atomic E-state index is 11.8. The molecule has 3 rings (SSSR count). The third kappa shape index (κ3) is 3.72. The predicted molar refractivity (Wildman–Crippen MR) is 87.9 cm³/mol. The van der Waals surface area contributed by atoms with Gasteiger partial charge in [0.05, 0.1) is 0 Å². The van der Waals surface area contributed by atoms with Crippen molar-refractivity contribution in [2.75, 3.05) is 0 Å². The Kier molecular flexibility index (Phi) is 4.77. The van der Waals surface area contributed by atoms with Gasteiger partial charge in [0.25, 0.3) is 5.89 Å². The molecule has 1 aromatic carbocycles. The van der Waals surface area contributed by atoms with E-state index in [-0.39, 0.29) is 23.9 Å². The van der Waals surface area contributed by atoms with Crippen molar-refractivity contribution >= 4 is 28.9 Å². The third-order valence-electron chi connectivity index (χ3n) is 3.17. The lowest BCUT2D eigenvalue weighted by molar-refractivity contribution is -0.146. The standard InChI is InChI=1S/C15H12ClN3O4S/c1-9-8-24-15(21)19(9)6-13(20)22-7-12-17-14(18-23-12)10-3-2-4-11(16)5-10/h2-5,8H,6-7H2,1H3. The zero-order chi connectivity index (χ0) is 17.1. The maximum Gasteiger partial charge on any atom is 0.326 e. The largest absolute Gasteiger partial charge is 0.454 e. The van der Waals surface area contributed by atoms with Gasteiger partial charge >= 0.3 is 10.8 Å². The van der Waals surface area contributed by atoms with Crippen LogP contribution in [0.25, 0.3) is 11.4 Å². The number of hydrogen-bond donors (Lipinski definition) is 0. The summed E-state index contributed by atoms with van der Waals surface area (Å²) in [6, 6.07) is 7.00. The molecule has 0 saturated carbocycles. The molecular weight excluding hydrogens is 354 g/mol. The molecule has 0 spiro atoms. The lowest BCUT2D eigenvalue weighted by atomic mass is 10.2. The first kappa shape index (κ1) is 16.4. The van der Waals surface area contributed by atoms with E-state index in [4.69, 9.17) is 20.9 Å². The normalized spacial score (nSPS) is 10.8. The highest BCUT2D eigenvalue weighted by Gasteiger charge is 2.13. The highest BCUT2D eigenvalue weighted by Crippen LogP contribution is 2.20. The number of hydrogen-bond acceptors (Lipinski definition) is 7. The Labute approximate surface area is 145 Å². The molecule has 0 saturated heterocycles. The van der Waals surface area contributed by atoms with E-state index < -0.39 is 5.97 Å². The van der Waals surface area contributed by atoms with Crippen molar-refractivity contribution in [2.24, 2.45) is 0 Å². The maximum atomic E-state index is 11.8. The molecule has 2 heterocycles. The van der Waals surface area contributed by atoms with Crippen LogP contribution in [0.5, 0.6) is 0 Å². The van der Waals surface area contributed by atoms with Crippen LogP contribution in [0.1, 0.15) is 11.6 Å². The van der Waals surface area contributed by atoms with Crippen LogP contribution in [0.3, 0.4) is 0 Å². The van der Waals surface area contributed by atoms with Gasteiger partial charge < -0.3 is 9.26 Å². The van der Waals surface area contributed by atoms with Crippen LogP contribution in [0, 0.1) is 6.92 Å². The van der Waals surface area contributed by atoms with Crippen LogP contribution < -0.4 is 4.87 Å². The van der Waals surface area contributed by atoms with Gasteiger partial charge in [-0.25, -0.2) is 0 Å². The first-order chi connectivity index (χ1) is 11.5. The van der Waals surface area contributed by atoms with Gasteiger partial charge in [-0.1, -0.05) is 40.2 Å². The van der Waals surface area contributed by atoms with Gasteiger partial charge in [-0.05, 0) is 19.1 Å². The van der Waals surface area contributed by atoms with Gasteiger partial charge in [0.1, 0.15) is 6.54 Å². The molecule has 2 aromatic heterocycles. The van der Waals surface area contributed by atoms with Crippen LogP contribution in [-0.2, 0) is 22.7 Å². The number of carbonyl (C=O) groups is 1. The summed E-state index contributed by atoms with van der Waals surface area (Å²) in [4.78, 5) is 27.3. The zero-order valence-corrected chi connectivity index (χ0v) is 14.1. The van der Waals surface area contributed by atoms with Crippen LogP contribution in [0.2, 0.25) is 5.02 Å². The molecule has 0 N–H and O–H groups in total. The molecule has 0 bridgehead atoms. The highest BCUT2D eigenvalue weighted by atomic mass is 35.5. The summed E-state index contributed by atoms with van der Waals surface area (Å²) >= 11 is 6.95. The van der Waals surface area contributed by atoms with E-state index >= 15 is 0 Å². The van der Waals surface area contributed by atoms with Gasteiger partial charge in [0, 0.05) is 21.7 Å². The second kappa shape index (κ2) is 6.98. The van der Waals surface area contributed by atoms with Crippen molar-refractivity contribution in [1.29, 1.82) is 0 Å². The summed E-state index contributed by atoms with van der Waals surface area (Å²) in [5.74, 6) is -0.0396. The topological polar surface area (TPSA) is 87.2 Å². The molecule has 0 radical (unpaired) electrons. The molecule has 7 nitrogen and oxygen atoms in total. The molecule has 0 aliphatic rings. The lowest BCUT2D eigenvalue weighted by Gasteiger charge is -2.03. The van der Waals surface area contributed by atoms with Crippen molar-refractivity contribution in [2.45, 2.75) is 20.1 Å². The van der Waals surface area contributed by atoms with Crippen molar-refractivity contribution in [3.8, 4) is 11.4 Å². The van der Waals surface area contributed by atoms with Crippen molar-refractivity contribution in [3.63, 3.8) is 0 Å².